The van der Waals surface area contributed by atoms with Gasteiger partial charge in [-0.1, -0.05) is 5.16 Å². The summed E-state index contributed by atoms with van der Waals surface area (Å²) in [5.74, 6) is 1.26. The Balaban J connectivity index is 1.55. The van der Waals surface area contributed by atoms with E-state index >= 15 is 0 Å². The molecule has 0 aliphatic rings. The third-order valence-electron chi connectivity index (χ3n) is 4.10. The molecular weight excluding hydrogens is 396 g/mol. The molecule has 2 N–H and O–H groups in total. The van der Waals surface area contributed by atoms with Crippen molar-refractivity contribution in [2.24, 2.45) is 0 Å². The van der Waals surface area contributed by atoms with E-state index in [2.05, 4.69) is 20.2 Å². The van der Waals surface area contributed by atoms with Crippen LogP contribution in [0.3, 0.4) is 0 Å². The number of nitrogens with one attached hydrogen (secondary N) is 2. The molecule has 3 rings (SSSR count). The standard InChI is InChI=1S/C19H20N4O5S/c1-20-29(25,26)16-9-5-14(6-10-16)21-17(24)11-12-18-22-19(23-28-18)13-3-7-15(27-2)8-4-13/h3-10,20H,11-12H2,1-2H3,(H,21,24). The average molecular weight is 416 g/mol. The number of ether oxygens (including phenoxy) is 1. The number of methoxy groups -OCH3 is 1. The molecule has 1 aromatic heterocycles. The van der Waals surface area contributed by atoms with E-state index in [-0.39, 0.29) is 23.6 Å². The van der Waals surface area contributed by atoms with Crippen molar-refractivity contribution in [3.05, 3.63) is 54.4 Å². The summed E-state index contributed by atoms with van der Waals surface area (Å²) in [5, 5.41) is 6.63. The van der Waals surface area contributed by atoms with Crippen LogP contribution in [0, 0.1) is 0 Å². The van der Waals surface area contributed by atoms with Crippen LogP contribution in [0.15, 0.2) is 57.9 Å². The second kappa shape index (κ2) is 8.84. The number of aromatic nitrogens is 2. The van der Waals surface area contributed by atoms with Crippen LogP contribution in [-0.2, 0) is 21.2 Å². The molecular formula is C19H20N4O5S. The summed E-state index contributed by atoms with van der Waals surface area (Å²) in [5.41, 5.74) is 1.27. The Morgan fingerprint density at radius 2 is 1.79 bits per heavy atom. The van der Waals surface area contributed by atoms with Gasteiger partial charge < -0.3 is 14.6 Å². The summed E-state index contributed by atoms with van der Waals surface area (Å²) < 4.78 is 35.9. The molecule has 0 aliphatic heterocycles. The van der Waals surface area contributed by atoms with E-state index in [4.69, 9.17) is 9.26 Å². The fourth-order valence-electron chi connectivity index (χ4n) is 2.49. The van der Waals surface area contributed by atoms with Gasteiger partial charge in [-0.05, 0) is 55.6 Å². The molecule has 1 amide bonds. The minimum absolute atomic E-state index is 0.120. The number of anilines is 1. The fourth-order valence-corrected chi connectivity index (χ4v) is 3.22. The maximum atomic E-state index is 12.1. The Hall–Kier alpha value is -3.24. The van der Waals surface area contributed by atoms with Gasteiger partial charge in [0.15, 0.2) is 0 Å². The Labute approximate surface area is 168 Å². The Bertz CT molecular complexity index is 1080. The highest BCUT2D eigenvalue weighted by molar-refractivity contribution is 7.89. The van der Waals surface area contributed by atoms with Crippen molar-refractivity contribution in [1.82, 2.24) is 14.9 Å². The van der Waals surface area contributed by atoms with Crippen LogP contribution in [0.25, 0.3) is 11.4 Å². The van der Waals surface area contributed by atoms with Gasteiger partial charge in [0.05, 0.1) is 12.0 Å². The van der Waals surface area contributed by atoms with Gasteiger partial charge in [0, 0.05) is 24.1 Å². The van der Waals surface area contributed by atoms with Crippen molar-refractivity contribution in [2.45, 2.75) is 17.7 Å². The highest BCUT2D eigenvalue weighted by Gasteiger charge is 2.13. The zero-order chi connectivity index (χ0) is 20.9. The largest absolute Gasteiger partial charge is 0.497 e. The molecule has 29 heavy (non-hydrogen) atoms. The fraction of sp³-hybridized carbons (Fsp3) is 0.211. The third kappa shape index (κ3) is 5.18. The maximum absolute atomic E-state index is 12.1. The van der Waals surface area contributed by atoms with Gasteiger partial charge in [-0.15, -0.1) is 0 Å². The first-order valence-electron chi connectivity index (χ1n) is 8.72. The zero-order valence-electron chi connectivity index (χ0n) is 15.9. The molecule has 0 atom stereocenters. The number of carbonyl (C=O) groups is 1. The lowest BCUT2D eigenvalue weighted by molar-refractivity contribution is -0.116. The van der Waals surface area contributed by atoms with E-state index in [0.29, 0.717) is 17.4 Å². The molecule has 0 saturated heterocycles. The highest BCUT2D eigenvalue weighted by Crippen LogP contribution is 2.20. The maximum Gasteiger partial charge on any atom is 0.240 e. The normalized spacial score (nSPS) is 11.2. The molecule has 2 aromatic carbocycles. The SMILES string of the molecule is CNS(=O)(=O)c1ccc(NC(=O)CCc2nc(-c3ccc(OC)cc3)no2)cc1. The number of sulfonamides is 1. The first-order chi connectivity index (χ1) is 13.9. The third-order valence-corrected chi connectivity index (χ3v) is 5.53. The van der Waals surface area contributed by atoms with Gasteiger partial charge in [-0.3, -0.25) is 4.79 Å². The molecule has 3 aromatic rings. The van der Waals surface area contributed by atoms with Crippen LogP contribution in [0.2, 0.25) is 0 Å². The molecule has 0 unspecified atom stereocenters. The molecule has 0 saturated carbocycles. The lowest BCUT2D eigenvalue weighted by atomic mass is 10.2. The molecule has 0 radical (unpaired) electrons. The summed E-state index contributed by atoms with van der Waals surface area (Å²) in [4.78, 5) is 16.5. The number of hydrogen-bond acceptors (Lipinski definition) is 7. The smallest absolute Gasteiger partial charge is 0.240 e. The number of hydrogen-bond donors (Lipinski definition) is 2. The molecule has 152 valence electrons. The van der Waals surface area contributed by atoms with Gasteiger partial charge in [0.1, 0.15) is 5.75 Å². The van der Waals surface area contributed by atoms with Crippen LogP contribution in [0.4, 0.5) is 5.69 Å². The van der Waals surface area contributed by atoms with E-state index in [1.54, 1.807) is 19.2 Å². The minimum Gasteiger partial charge on any atom is -0.497 e. The van der Waals surface area contributed by atoms with Crippen LogP contribution in [-0.4, -0.2) is 38.6 Å². The highest BCUT2D eigenvalue weighted by atomic mass is 32.2. The molecule has 0 bridgehead atoms. The summed E-state index contributed by atoms with van der Waals surface area (Å²) in [6, 6.07) is 13.1. The van der Waals surface area contributed by atoms with Gasteiger partial charge in [-0.25, -0.2) is 13.1 Å². The van der Waals surface area contributed by atoms with E-state index in [9.17, 15) is 13.2 Å². The van der Waals surface area contributed by atoms with Crippen molar-refractivity contribution in [2.75, 3.05) is 19.5 Å². The van der Waals surface area contributed by atoms with Gasteiger partial charge in [0.2, 0.25) is 27.6 Å². The Morgan fingerprint density at radius 1 is 1.10 bits per heavy atom. The Kier molecular flexibility index (Phi) is 6.25. The summed E-state index contributed by atoms with van der Waals surface area (Å²) in [6.45, 7) is 0. The molecule has 0 fully saturated rings. The van der Waals surface area contributed by atoms with Crippen LogP contribution in [0.1, 0.15) is 12.3 Å². The van der Waals surface area contributed by atoms with E-state index in [0.717, 1.165) is 11.3 Å². The van der Waals surface area contributed by atoms with Crippen LogP contribution < -0.4 is 14.8 Å². The molecule has 0 aliphatic carbocycles. The predicted octanol–water partition coefficient (Wildman–Crippen LogP) is 2.22. The number of aryl methyl sites for hydroxylation is 1. The molecule has 9 nitrogen and oxygen atoms in total. The van der Waals surface area contributed by atoms with Gasteiger partial charge >= 0.3 is 0 Å². The molecule has 10 heteroatoms. The van der Waals surface area contributed by atoms with E-state index in [1.807, 2.05) is 12.1 Å². The van der Waals surface area contributed by atoms with Crippen LogP contribution >= 0.6 is 0 Å². The number of rotatable bonds is 8. The average Bonchev–Trinajstić information content (AvgIpc) is 3.22. The Morgan fingerprint density at radius 3 is 2.41 bits per heavy atom. The van der Waals surface area contributed by atoms with Crippen molar-refractivity contribution in [1.29, 1.82) is 0 Å². The number of carbonyl (C=O) groups excluding carboxylic acids is 1. The second-order valence-electron chi connectivity index (χ2n) is 6.02. The van der Waals surface area contributed by atoms with Gasteiger partial charge in [0.25, 0.3) is 0 Å². The first kappa shape index (κ1) is 20.5. The second-order valence-corrected chi connectivity index (χ2v) is 7.91. The monoisotopic (exact) mass is 416 g/mol. The van der Waals surface area contributed by atoms with Crippen molar-refractivity contribution < 1.29 is 22.5 Å². The van der Waals surface area contributed by atoms with E-state index < -0.39 is 10.0 Å². The summed E-state index contributed by atoms with van der Waals surface area (Å²) in [7, 11) is -0.587. The van der Waals surface area contributed by atoms with Crippen LogP contribution in [0.5, 0.6) is 5.75 Å². The van der Waals surface area contributed by atoms with Crippen molar-refractivity contribution in [3.63, 3.8) is 0 Å². The number of amides is 1. The minimum atomic E-state index is -3.51. The molecule has 1 heterocycles. The topological polar surface area (TPSA) is 123 Å². The van der Waals surface area contributed by atoms with E-state index in [1.165, 1.54) is 31.3 Å². The van der Waals surface area contributed by atoms with Crippen molar-refractivity contribution >= 4 is 21.6 Å². The lowest BCUT2D eigenvalue weighted by Crippen LogP contribution is -2.18. The number of nitrogens with zero attached hydrogens (tertiary/aromatic N) is 2. The lowest BCUT2D eigenvalue weighted by Gasteiger charge is -2.06. The zero-order valence-corrected chi connectivity index (χ0v) is 16.7. The molecule has 0 spiro atoms. The summed E-state index contributed by atoms with van der Waals surface area (Å²) >= 11 is 0. The predicted molar refractivity (Wildman–Crippen MR) is 106 cm³/mol. The van der Waals surface area contributed by atoms with Gasteiger partial charge in [-0.2, -0.15) is 4.98 Å². The van der Waals surface area contributed by atoms with Crippen molar-refractivity contribution in [3.8, 4) is 17.1 Å². The first-order valence-corrected chi connectivity index (χ1v) is 10.2. The quantitative estimate of drug-likeness (QED) is 0.577. The number of benzene rings is 2. The summed E-state index contributed by atoms with van der Waals surface area (Å²) in [6.07, 6.45) is 0.419.